The van der Waals surface area contributed by atoms with Gasteiger partial charge in [0.2, 0.25) is 0 Å². The summed E-state index contributed by atoms with van der Waals surface area (Å²) in [5, 5.41) is 7.48. The number of fused-ring (bicyclic) bond motifs is 3. The molecule has 52 heavy (non-hydrogen) atoms. The molecule has 3 aromatic carbocycles. The summed E-state index contributed by atoms with van der Waals surface area (Å²) in [6, 6.07) is 28.5. The van der Waals surface area contributed by atoms with Gasteiger partial charge in [0.1, 0.15) is 5.82 Å². The largest absolute Gasteiger partial charge is 2.00 e. The standard InChI is InChI=1S/C46H52N4O.Pt/c1-27(2)33-20-21-47-44(24-33)49-42-17-12-11-14-40(42)41-19-18-36(26-43(41)49)51-37-23-34(28(3)4)22-35(25-37)50-32(10)45(31(9)48-50)46-38(29(5)6)15-13-16-39(46)30(7)8;/h11-12,14-15,17-24,27-30,39,46H,13,16H2,1-10H3;/q-2;+2/t39-,46?;/m1./s1. The van der Waals surface area contributed by atoms with Crippen LogP contribution in [0, 0.1) is 43.7 Å². The molecule has 6 aromatic rings. The quantitative estimate of drug-likeness (QED) is 0.107. The zero-order valence-electron chi connectivity index (χ0n) is 32.3. The Bertz CT molecular complexity index is 2250. The average Bonchev–Trinajstić information content (AvgIpc) is 3.59. The molecule has 7 rings (SSSR count). The van der Waals surface area contributed by atoms with Gasteiger partial charge in [-0.1, -0.05) is 90.8 Å². The van der Waals surface area contributed by atoms with Crippen molar-refractivity contribution in [2.24, 2.45) is 17.8 Å². The van der Waals surface area contributed by atoms with Crippen LogP contribution in [-0.4, -0.2) is 19.3 Å². The fraction of sp³-hybridized carbons (Fsp3) is 0.391. The molecule has 2 atom stereocenters. The van der Waals surface area contributed by atoms with E-state index in [1.54, 1.807) is 5.57 Å². The van der Waals surface area contributed by atoms with E-state index in [9.17, 15) is 0 Å². The van der Waals surface area contributed by atoms with E-state index in [1.165, 1.54) is 28.8 Å². The number of benzene rings is 3. The zero-order valence-corrected chi connectivity index (χ0v) is 34.6. The fourth-order valence-corrected chi connectivity index (χ4v) is 8.27. The molecule has 0 N–H and O–H groups in total. The zero-order chi connectivity index (χ0) is 36.1. The number of para-hydroxylation sites is 1. The smallest absolute Gasteiger partial charge is 0.509 e. The Balaban J connectivity index is 0.00000464. The Morgan fingerprint density at radius 2 is 1.54 bits per heavy atom. The predicted octanol–water partition coefficient (Wildman–Crippen LogP) is 12.4. The number of hydrogen-bond donors (Lipinski definition) is 0. The molecule has 0 saturated carbocycles. The summed E-state index contributed by atoms with van der Waals surface area (Å²) in [5.74, 6) is 4.93. The predicted molar refractivity (Wildman–Crippen MR) is 211 cm³/mol. The second-order valence-corrected chi connectivity index (χ2v) is 15.8. The first-order valence-corrected chi connectivity index (χ1v) is 18.9. The van der Waals surface area contributed by atoms with Gasteiger partial charge in [0.05, 0.1) is 5.69 Å². The molecular weight excluding hydrogens is 820 g/mol. The van der Waals surface area contributed by atoms with E-state index in [0.717, 1.165) is 45.4 Å². The minimum atomic E-state index is 0. The van der Waals surface area contributed by atoms with Gasteiger partial charge in [0.15, 0.2) is 0 Å². The number of aryl methyl sites for hydroxylation is 1. The molecule has 0 spiro atoms. The van der Waals surface area contributed by atoms with Gasteiger partial charge in [-0.3, -0.25) is 4.68 Å². The molecule has 0 fully saturated rings. The molecule has 5 nitrogen and oxygen atoms in total. The fourth-order valence-electron chi connectivity index (χ4n) is 8.27. The van der Waals surface area contributed by atoms with Crippen LogP contribution in [0.25, 0.3) is 33.3 Å². The number of pyridine rings is 1. The van der Waals surface area contributed by atoms with Crippen molar-refractivity contribution in [2.45, 2.75) is 99.8 Å². The van der Waals surface area contributed by atoms with Crippen LogP contribution in [-0.2, 0) is 21.1 Å². The first-order valence-electron chi connectivity index (χ1n) is 18.9. The summed E-state index contributed by atoms with van der Waals surface area (Å²) in [5.41, 5.74) is 10.6. The Kier molecular flexibility index (Phi) is 11.0. The maximum atomic E-state index is 6.68. The molecule has 3 aromatic heterocycles. The van der Waals surface area contributed by atoms with Crippen LogP contribution < -0.4 is 4.74 Å². The van der Waals surface area contributed by atoms with Crippen LogP contribution in [0.5, 0.6) is 11.5 Å². The van der Waals surface area contributed by atoms with E-state index in [-0.39, 0.29) is 21.1 Å². The SMILES string of the molecule is Cc1nn(-c2[c-]c(Oc3[c-]c4c(cc3)c3ccccc3n4-c3cc(C(C)C)ccn3)cc(C(C)C)c2)c(C)c1C1C(C(C)C)=CCC[C@@H]1C(C)C.[Pt+2]. The van der Waals surface area contributed by atoms with E-state index in [1.807, 2.05) is 12.3 Å². The van der Waals surface area contributed by atoms with Gasteiger partial charge in [0, 0.05) is 40.4 Å². The number of ether oxygens (including phenoxy) is 1. The number of allylic oxidation sites excluding steroid dienone is 2. The first-order chi connectivity index (χ1) is 24.4. The molecule has 0 saturated heterocycles. The van der Waals surface area contributed by atoms with Gasteiger partial charge in [-0.05, 0) is 91.1 Å². The van der Waals surface area contributed by atoms with Crippen molar-refractivity contribution in [3.8, 4) is 23.0 Å². The van der Waals surface area contributed by atoms with E-state index >= 15 is 0 Å². The number of aromatic nitrogens is 4. The Labute approximate surface area is 324 Å². The molecule has 272 valence electrons. The summed E-state index contributed by atoms with van der Waals surface area (Å²) in [6.07, 6.45) is 6.79. The van der Waals surface area contributed by atoms with Gasteiger partial charge in [0.25, 0.3) is 0 Å². The third-order valence-corrected chi connectivity index (χ3v) is 11.0. The summed E-state index contributed by atoms with van der Waals surface area (Å²) in [7, 11) is 0. The molecule has 1 unspecified atom stereocenters. The Hall–Kier alpha value is -3.95. The van der Waals surface area contributed by atoms with E-state index < -0.39 is 0 Å². The van der Waals surface area contributed by atoms with Gasteiger partial charge < -0.3 is 9.30 Å². The van der Waals surface area contributed by atoms with Crippen molar-refractivity contribution in [1.82, 2.24) is 19.3 Å². The molecule has 0 bridgehead atoms. The second-order valence-electron chi connectivity index (χ2n) is 15.8. The van der Waals surface area contributed by atoms with Crippen molar-refractivity contribution >= 4 is 21.8 Å². The van der Waals surface area contributed by atoms with Crippen LogP contribution in [0.2, 0.25) is 0 Å². The van der Waals surface area contributed by atoms with E-state index in [2.05, 4.69) is 151 Å². The third kappa shape index (κ3) is 6.94. The van der Waals surface area contributed by atoms with Crippen LogP contribution in [0.3, 0.4) is 0 Å². The molecule has 0 radical (unpaired) electrons. The summed E-state index contributed by atoms with van der Waals surface area (Å²) in [4.78, 5) is 4.82. The van der Waals surface area contributed by atoms with E-state index in [4.69, 9.17) is 14.8 Å². The van der Waals surface area contributed by atoms with Gasteiger partial charge in [-0.25, -0.2) is 4.98 Å². The summed E-state index contributed by atoms with van der Waals surface area (Å²) < 4.78 is 11.0. The molecule has 1 aliphatic carbocycles. The number of rotatable bonds is 9. The van der Waals surface area contributed by atoms with Crippen molar-refractivity contribution in [2.75, 3.05) is 0 Å². The summed E-state index contributed by atoms with van der Waals surface area (Å²) >= 11 is 0. The Morgan fingerprint density at radius 1 is 0.788 bits per heavy atom. The molecule has 0 aliphatic heterocycles. The molecule has 0 amide bonds. The van der Waals surface area contributed by atoms with Crippen LogP contribution in [0.4, 0.5) is 0 Å². The monoisotopic (exact) mass is 871 g/mol. The number of nitrogens with zero attached hydrogens (tertiary/aromatic N) is 4. The van der Waals surface area contributed by atoms with Gasteiger partial charge in [-0.2, -0.15) is 11.2 Å². The molecular formula is C46H52N4OPt. The maximum Gasteiger partial charge on any atom is 2.00 e. The Morgan fingerprint density at radius 3 is 2.25 bits per heavy atom. The topological polar surface area (TPSA) is 44.9 Å². The van der Waals surface area contributed by atoms with Crippen LogP contribution in [0.1, 0.15) is 114 Å². The van der Waals surface area contributed by atoms with Crippen molar-refractivity contribution in [3.63, 3.8) is 0 Å². The normalized spacial score (nSPS) is 16.4. The second kappa shape index (κ2) is 15.2. The average molecular weight is 872 g/mol. The van der Waals surface area contributed by atoms with Crippen molar-refractivity contribution in [1.29, 1.82) is 0 Å². The third-order valence-electron chi connectivity index (χ3n) is 11.0. The van der Waals surface area contributed by atoms with Crippen molar-refractivity contribution < 1.29 is 25.8 Å². The van der Waals surface area contributed by atoms with Crippen molar-refractivity contribution in [3.05, 3.63) is 119 Å². The van der Waals surface area contributed by atoms with Crippen LogP contribution in [0.15, 0.2) is 78.5 Å². The molecule has 3 heterocycles. The van der Waals surface area contributed by atoms with E-state index in [0.29, 0.717) is 47.0 Å². The molecule has 1 aliphatic rings. The van der Waals surface area contributed by atoms with Gasteiger partial charge in [-0.15, -0.1) is 41.3 Å². The van der Waals surface area contributed by atoms with Crippen LogP contribution >= 0.6 is 0 Å². The minimum absolute atomic E-state index is 0. The number of hydrogen-bond acceptors (Lipinski definition) is 3. The summed E-state index contributed by atoms with van der Waals surface area (Å²) in [6.45, 7) is 22.7. The molecule has 6 heteroatoms. The maximum absolute atomic E-state index is 6.68. The minimum Gasteiger partial charge on any atom is -0.509 e. The first kappa shape index (κ1) is 37.8. The van der Waals surface area contributed by atoms with Gasteiger partial charge >= 0.3 is 21.1 Å².